The number of nitrogens with zero attached hydrogens (tertiary/aromatic N) is 1. The maximum atomic E-state index is 11.7. The number of likely N-dealkylation sites (tertiary alicyclic amines) is 1. The molecule has 5 heteroatoms. The fourth-order valence-electron chi connectivity index (χ4n) is 1.84. The van der Waals surface area contributed by atoms with Gasteiger partial charge in [-0.1, -0.05) is 6.92 Å². The predicted molar refractivity (Wildman–Crippen MR) is 55.5 cm³/mol. The summed E-state index contributed by atoms with van der Waals surface area (Å²) in [5.41, 5.74) is 0. The van der Waals surface area contributed by atoms with E-state index in [1.807, 2.05) is 6.92 Å². The molecule has 0 radical (unpaired) electrons. The van der Waals surface area contributed by atoms with E-state index in [-0.39, 0.29) is 5.91 Å². The van der Waals surface area contributed by atoms with Gasteiger partial charge in [-0.15, -0.1) is 0 Å². The van der Waals surface area contributed by atoms with Crippen LogP contribution in [-0.4, -0.2) is 47.6 Å². The summed E-state index contributed by atoms with van der Waals surface area (Å²) < 4.78 is 0. The van der Waals surface area contributed by atoms with E-state index in [0.29, 0.717) is 25.9 Å². The second-order valence-corrected chi connectivity index (χ2v) is 3.69. The molecule has 0 spiro atoms. The van der Waals surface area contributed by atoms with Gasteiger partial charge < -0.3 is 15.3 Å². The van der Waals surface area contributed by atoms with Crippen LogP contribution in [-0.2, 0) is 9.59 Å². The number of aliphatic carboxylic acids is 1. The fraction of sp³-hybridized carbons (Fsp3) is 0.800. The van der Waals surface area contributed by atoms with Crippen LogP contribution in [0.3, 0.4) is 0 Å². The first kappa shape index (κ1) is 12.0. The van der Waals surface area contributed by atoms with Gasteiger partial charge >= 0.3 is 5.97 Å². The molecule has 0 aromatic carbocycles. The lowest BCUT2D eigenvalue weighted by Gasteiger charge is -2.21. The van der Waals surface area contributed by atoms with Crippen molar-refractivity contribution in [3.63, 3.8) is 0 Å². The zero-order valence-electron chi connectivity index (χ0n) is 9.03. The molecule has 0 unspecified atom stereocenters. The van der Waals surface area contributed by atoms with Crippen molar-refractivity contribution in [3.05, 3.63) is 0 Å². The first-order valence-electron chi connectivity index (χ1n) is 5.39. The minimum atomic E-state index is -0.885. The highest BCUT2D eigenvalue weighted by Crippen LogP contribution is 2.18. The van der Waals surface area contributed by atoms with Crippen molar-refractivity contribution in [2.45, 2.75) is 32.2 Å². The maximum absolute atomic E-state index is 11.7. The molecule has 1 heterocycles. The smallest absolute Gasteiger partial charge is 0.326 e. The third kappa shape index (κ3) is 3.20. The number of rotatable bonds is 5. The Hall–Kier alpha value is -1.10. The quantitative estimate of drug-likeness (QED) is 0.635. The standard InChI is InChI=1S/C10H18N2O3/c1-2-11-6-5-9(13)12-7-3-4-8(12)10(14)15/h8,11H,2-7H2,1H3,(H,14,15)/t8-/m0/s1. The van der Waals surface area contributed by atoms with Crippen LogP contribution in [0.5, 0.6) is 0 Å². The number of carboxylic acid groups (broad SMARTS) is 1. The Morgan fingerprint density at radius 3 is 2.87 bits per heavy atom. The molecule has 1 aliphatic heterocycles. The monoisotopic (exact) mass is 214 g/mol. The Balaban J connectivity index is 2.40. The Morgan fingerprint density at radius 1 is 1.53 bits per heavy atom. The number of carbonyl (C=O) groups is 2. The molecular formula is C10H18N2O3. The molecule has 0 saturated carbocycles. The van der Waals surface area contributed by atoms with E-state index < -0.39 is 12.0 Å². The molecule has 1 saturated heterocycles. The van der Waals surface area contributed by atoms with Gasteiger partial charge in [-0.25, -0.2) is 4.79 Å². The van der Waals surface area contributed by atoms with Gasteiger partial charge in [0.05, 0.1) is 0 Å². The third-order valence-electron chi connectivity index (χ3n) is 2.62. The topological polar surface area (TPSA) is 69.6 Å². The number of hydrogen-bond acceptors (Lipinski definition) is 3. The average Bonchev–Trinajstić information content (AvgIpc) is 2.66. The summed E-state index contributed by atoms with van der Waals surface area (Å²) >= 11 is 0. The highest BCUT2D eigenvalue weighted by atomic mass is 16.4. The van der Waals surface area contributed by atoms with Gasteiger partial charge in [-0.2, -0.15) is 0 Å². The highest BCUT2D eigenvalue weighted by Gasteiger charge is 2.33. The van der Waals surface area contributed by atoms with Crippen molar-refractivity contribution in [2.75, 3.05) is 19.6 Å². The minimum absolute atomic E-state index is 0.0548. The van der Waals surface area contributed by atoms with Crippen LogP contribution in [0.25, 0.3) is 0 Å². The molecule has 1 rings (SSSR count). The van der Waals surface area contributed by atoms with E-state index in [1.54, 1.807) is 0 Å². The van der Waals surface area contributed by atoms with Gasteiger partial charge in [-0.05, 0) is 19.4 Å². The van der Waals surface area contributed by atoms with Crippen LogP contribution < -0.4 is 5.32 Å². The Morgan fingerprint density at radius 2 is 2.27 bits per heavy atom. The number of carboxylic acids is 1. The number of nitrogens with one attached hydrogen (secondary N) is 1. The van der Waals surface area contributed by atoms with Crippen molar-refractivity contribution in [2.24, 2.45) is 0 Å². The summed E-state index contributed by atoms with van der Waals surface area (Å²) in [6.45, 7) is 4.01. The second kappa shape index (κ2) is 5.70. The molecule has 1 atom stereocenters. The first-order chi connectivity index (χ1) is 7.16. The van der Waals surface area contributed by atoms with Crippen molar-refractivity contribution in [1.82, 2.24) is 10.2 Å². The zero-order valence-corrected chi connectivity index (χ0v) is 9.03. The highest BCUT2D eigenvalue weighted by molar-refractivity contribution is 5.84. The van der Waals surface area contributed by atoms with Gasteiger partial charge in [0.2, 0.25) is 5.91 Å². The lowest BCUT2D eigenvalue weighted by Crippen LogP contribution is -2.41. The van der Waals surface area contributed by atoms with E-state index in [2.05, 4.69) is 5.32 Å². The molecule has 2 N–H and O–H groups in total. The maximum Gasteiger partial charge on any atom is 0.326 e. The Kier molecular flexibility index (Phi) is 4.55. The fourth-order valence-corrected chi connectivity index (χ4v) is 1.84. The molecule has 1 aliphatic rings. The molecule has 86 valence electrons. The van der Waals surface area contributed by atoms with Crippen LogP contribution in [0.2, 0.25) is 0 Å². The molecular weight excluding hydrogens is 196 g/mol. The molecule has 0 aromatic heterocycles. The van der Waals surface area contributed by atoms with Gasteiger partial charge in [0.25, 0.3) is 0 Å². The normalized spacial score (nSPS) is 20.6. The van der Waals surface area contributed by atoms with Crippen molar-refractivity contribution < 1.29 is 14.7 Å². The summed E-state index contributed by atoms with van der Waals surface area (Å²) in [4.78, 5) is 24.0. The average molecular weight is 214 g/mol. The molecule has 0 bridgehead atoms. The van der Waals surface area contributed by atoms with Gasteiger partial charge in [-0.3, -0.25) is 4.79 Å². The van der Waals surface area contributed by atoms with Crippen LogP contribution in [0.15, 0.2) is 0 Å². The number of hydrogen-bond donors (Lipinski definition) is 2. The number of amides is 1. The largest absolute Gasteiger partial charge is 0.480 e. The predicted octanol–water partition coefficient (Wildman–Crippen LogP) is 0.0616. The van der Waals surface area contributed by atoms with E-state index in [9.17, 15) is 9.59 Å². The van der Waals surface area contributed by atoms with Crippen molar-refractivity contribution in [1.29, 1.82) is 0 Å². The van der Waals surface area contributed by atoms with Crippen molar-refractivity contribution >= 4 is 11.9 Å². The zero-order chi connectivity index (χ0) is 11.3. The van der Waals surface area contributed by atoms with E-state index in [1.165, 1.54) is 4.90 Å². The molecule has 5 nitrogen and oxygen atoms in total. The molecule has 15 heavy (non-hydrogen) atoms. The molecule has 1 fully saturated rings. The minimum Gasteiger partial charge on any atom is -0.480 e. The number of carbonyl (C=O) groups excluding carboxylic acids is 1. The third-order valence-corrected chi connectivity index (χ3v) is 2.62. The van der Waals surface area contributed by atoms with Crippen LogP contribution in [0.4, 0.5) is 0 Å². The van der Waals surface area contributed by atoms with E-state index in [4.69, 9.17) is 5.11 Å². The molecule has 0 aliphatic carbocycles. The lowest BCUT2D eigenvalue weighted by atomic mass is 10.2. The summed E-state index contributed by atoms with van der Waals surface area (Å²) in [5, 5.41) is 11.9. The van der Waals surface area contributed by atoms with Gasteiger partial charge in [0, 0.05) is 19.5 Å². The lowest BCUT2D eigenvalue weighted by molar-refractivity contribution is -0.148. The van der Waals surface area contributed by atoms with E-state index >= 15 is 0 Å². The summed E-state index contributed by atoms with van der Waals surface area (Å²) in [5.74, 6) is -0.940. The second-order valence-electron chi connectivity index (χ2n) is 3.69. The van der Waals surface area contributed by atoms with E-state index in [0.717, 1.165) is 13.0 Å². The van der Waals surface area contributed by atoms with Gasteiger partial charge in [0.15, 0.2) is 0 Å². The Bertz CT molecular complexity index is 243. The van der Waals surface area contributed by atoms with Crippen LogP contribution in [0.1, 0.15) is 26.2 Å². The SMILES string of the molecule is CCNCCC(=O)N1CCC[C@H]1C(=O)O. The summed E-state index contributed by atoms with van der Waals surface area (Å²) in [7, 11) is 0. The molecule has 1 amide bonds. The first-order valence-corrected chi connectivity index (χ1v) is 5.39. The summed E-state index contributed by atoms with van der Waals surface area (Å²) in [6, 6.07) is -0.598. The molecule has 0 aromatic rings. The van der Waals surface area contributed by atoms with Crippen molar-refractivity contribution in [3.8, 4) is 0 Å². The van der Waals surface area contributed by atoms with Crippen LogP contribution >= 0.6 is 0 Å². The summed E-state index contributed by atoms with van der Waals surface area (Å²) in [6.07, 6.45) is 1.77. The van der Waals surface area contributed by atoms with Crippen LogP contribution in [0, 0.1) is 0 Å². The Labute approximate surface area is 89.4 Å². The van der Waals surface area contributed by atoms with Gasteiger partial charge in [0.1, 0.15) is 6.04 Å².